The molecule has 5 fully saturated rings. The molecule has 1 saturated heterocycles. The lowest BCUT2D eigenvalue weighted by molar-refractivity contribution is -0.227. The molecule has 4 nitrogen and oxygen atoms in total. The van der Waals surface area contributed by atoms with Crippen molar-refractivity contribution in [1.29, 1.82) is 0 Å². The Kier molecular flexibility index (Phi) is 6.02. The molecule has 5 rings (SSSR count). The summed E-state index contributed by atoms with van der Waals surface area (Å²) in [6, 6.07) is 0. The number of ether oxygens (including phenoxy) is 2. The largest absolute Gasteiger partial charge is 0.393 e. The summed E-state index contributed by atoms with van der Waals surface area (Å²) < 4.78 is 12.5. The van der Waals surface area contributed by atoms with Crippen LogP contribution in [0, 0.1) is 40.4 Å². The fourth-order valence-electron chi connectivity index (χ4n) is 9.44. The average Bonchev–Trinajstić information content (AvgIpc) is 3.10. The van der Waals surface area contributed by atoms with Gasteiger partial charge in [-0.2, -0.15) is 0 Å². The fourth-order valence-corrected chi connectivity index (χ4v) is 9.44. The standard InChI is InChI=1S/C27H46O4/c1-18(28)21-9-10-22-20-8-7-19-16-25(2,29)13-14-27(19,23(20)11-12-26(21,22)3)17-31-24-6-4-5-15-30-24/h18-24,28-29H,4-17H2,1-3H3/t18?,19-,20-,21+,22-,23-,24?,25+,26+,27+/m0/s1. The van der Waals surface area contributed by atoms with Gasteiger partial charge in [0.1, 0.15) is 0 Å². The number of aliphatic hydroxyl groups is 2. The zero-order valence-corrected chi connectivity index (χ0v) is 20.2. The minimum Gasteiger partial charge on any atom is -0.393 e. The molecule has 0 bridgehead atoms. The maximum absolute atomic E-state index is 10.9. The van der Waals surface area contributed by atoms with Crippen LogP contribution in [0.1, 0.15) is 97.8 Å². The van der Waals surface area contributed by atoms with E-state index in [0.717, 1.165) is 57.2 Å². The van der Waals surface area contributed by atoms with Gasteiger partial charge in [-0.1, -0.05) is 6.92 Å². The van der Waals surface area contributed by atoms with Crippen LogP contribution in [0.15, 0.2) is 0 Å². The summed E-state index contributed by atoms with van der Waals surface area (Å²) in [5, 5.41) is 21.4. The third-order valence-corrected chi connectivity index (χ3v) is 11.0. The van der Waals surface area contributed by atoms with Gasteiger partial charge in [0.2, 0.25) is 0 Å². The lowest BCUT2D eigenvalue weighted by Crippen LogP contribution is -2.58. The Balaban J connectivity index is 1.40. The lowest BCUT2D eigenvalue weighted by Gasteiger charge is -2.63. The van der Waals surface area contributed by atoms with E-state index in [-0.39, 0.29) is 17.8 Å². The summed E-state index contributed by atoms with van der Waals surface area (Å²) in [6.45, 7) is 8.22. The van der Waals surface area contributed by atoms with Crippen LogP contribution in [0.5, 0.6) is 0 Å². The first-order chi connectivity index (χ1) is 14.8. The molecule has 0 spiro atoms. The second kappa shape index (κ2) is 8.25. The van der Waals surface area contributed by atoms with Gasteiger partial charge in [0.15, 0.2) is 6.29 Å². The Morgan fingerprint density at radius 3 is 2.55 bits per heavy atom. The second-order valence-corrected chi connectivity index (χ2v) is 12.7. The Morgan fingerprint density at radius 2 is 1.81 bits per heavy atom. The van der Waals surface area contributed by atoms with Crippen molar-refractivity contribution in [1.82, 2.24) is 0 Å². The van der Waals surface area contributed by atoms with Crippen LogP contribution in [0.25, 0.3) is 0 Å². The smallest absolute Gasteiger partial charge is 0.157 e. The molecule has 4 heteroatoms. The molecular weight excluding hydrogens is 388 g/mol. The van der Waals surface area contributed by atoms with Crippen LogP contribution in [-0.4, -0.2) is 41.4 Å². The Hall–Kier alpha value is -0.160. The van der Waals surface area contributed by atoms with Gasteiger partial charge in [-0.25, -0.2) is 0 Å². The molecule has 0 radical (unpaired) electrons. The maximum Gasteiger partial charge on any atom is 0.157 e. The topological polar surface area (TPSA) is 58.9 Å². The van der Waals surface area contributed by atoms with E-state index in [4.69, 9.17) is 9.47 Å². The highest BCUT2D eigenvalue weighted by atomic mass is 16.7. The van der Waals surface area contributed by atoms with Gasteiger partial charge < -0.3 is 19.7 Å². The third kappa shape index (κ3) is 3.82. The predicted octanol–water partition coefficient (Wildman–Crippen LogP) is 5.30. The number of fused-ring (bicyclic) bond motifs is 5. The van der Waals surface area contributed by atoms with E-state index in [1.807, 2.05) is 6.92 Å². The highest BCUT2D eigenvalue weighted by Crippen LogP contribution is 2.68. The van der Waals surface area contributed by atoms with Gasteiger partial charge in [0, 0.05) is 6.61 Å². The van der Waals surface area contributed by atoms with Crippen LogP contribution in [-0.2, 0) is 9.47 Å². The molecule has 0 aromatic heterocycles. The van der Waals surface area contributed by atoms with Crippen LogP contribution in [0.3, 0.4) is 0 Å². The molecule has 1 aliphatic heterocycles. The normalized spacial score (nSPS) is 53.3. The number of rotatable bonds is 4. The van der Waals surface area contributed by atoms with E-state index >= 15 is 0 Å². The van der Waals surface area contributed by atoms with E-state index in [9.17, 15) is 10.2 Å². The summed E-state index contributed by atoms with van der Waals surface area (Å²) in [5.41, 5.74) is -0.0105. The van der Waals surface area contributed by atoms with Gasteiger partial charge >= 0.3 is 0 Å². The van der Waals surface area contributed by atoms with E-state index < -0.39 is 5.60 Å². The molecule has 4 saturated carbocycles. The van der Waals surface area contributed by atoms with E-state index in [0.29, 0.717) is 23.2 Å². The fraction of sp³-hybridized carbons (Fsp3) is 1.00. The van der Waals surface area contributed by atoms with Crippen molar-refractivity contribution >= 4 is 0 Å². The lowest BCUT2D eigenvalue weighted by atomic mass is 9.43. The Bertz CT molecular complexity index is 641. The monoisotopic (exact) mass is 434 g/mol. The first-order valence-corrected chi connectivity index (χ1v) is 13.4. The maximum atomic E-state index is 10.9. The van der Waals surface area contributed by atoms with Crippen molar-refractivity contribution in [3.63, 3.8) is 0 Å². The van der Waals surface area contributed by atoms with Crippen LogP contribution < -0.4 is 0 Å². The van der Waals surface area contributed by atoms with Crippen molar-refractivity contribution in [2.75, 3.05) is 13.2 Å². The Labute approximate surface area is 189 Å². The van der Waals surface area contributed by atoms with Crippen molar-refractivity contribution in [3.8, 4) is 0 Å². The van der Waals surface area contributed by atoms with Crippen molar-refractivity contribution in [2.24, 2.45) is 40.4 Å². The van der Waals surface area contributed by atoms with Crippen LogP contribution >= 0.6 is 0 Å². The molecule has 10 atom stereocenters. The number of hydrogen-bond donors (Lipinski definition) is 2. The molecule has 0 aromatic carbocycles. The van der Waals surface area contributed by atoms with Crippen molar-refractivity contribution in [3.05, 3.63) is 0 Å². The number of hydrogen-bond acceptors (Lipinski definition) is 4. The molecule has 31 heavy (non-hydrogen) atoms. The molecule has 1 heterocycles. The quantitative estimate of drug-likeness (QED) is 0.630. The highest BCUT2D eigenvalue weighted by molar-refractivity contribution is 5.11. The van der Waals surface area contributed by atoms with Gasteiger partial charge in [-0.3, -0.25) is 0 Å². The summed E-state index contributed by atoms with van der Waals surface area (Å²) in [7, 11) is 0. The summed E-state index contributed by atoms with van der Waals surface area (Å²) in [4.78, 5) is 0. The summed E-state index contributed by atoms with van der Waals surface area (Å²) >= 11 is 0. The zero-order chi connectivity index (χ0) is 21.9. The van der Waals surface area contributed by atoms with Gasteiger partial charge in [-0.05, 0) is 131 Å². The van der Waals surface area contributed by atoms with Crippen LogP contribution in [0.4, 0.5) is 0 Å². The molecule has 5 aliphatic rings. The van der Waals surface area contributed by atoms with Gasteiger partial charge in [-0.15, -0.1) is 0 Å². The minimum atomic E-state index is -0.518. The molecule has 0 amide bonds. The highest BCUT2D eigenvalue weighted by Gasteiger charge is 2.62. The molecule has 4 aliphatic carbocycles. The SMILES string of the molecule is CC(O)[C@H]1CC[C@H]2[C@@H]3CC[C@H]4C[C@](C)(O)CC[C@]4(COC4CCCCO4)[C@H]3CC[C@]12C. The average molecular weight is 435 g/mol. The van der Waals surface area contributed by atoms with E-state index in [1.54, 1.807) is 0 Å². The first kappa shape index (κ1) is 22.6. The molecule has 0 aromatic rings. The molecule has 2 N–H and O–H groups in total. The summed E-state index contributed by atoms with van der Waals surface area (Å²) in [5.74, 6) is 3.25. The third-order valence-electron chi connectivity index (χ3n) is 11.0. The predicted molar refractivity (Wildman–Crippen MR) is 121 cm³/mol. The molecule has 2 unspecified atom stereocenters. The van der Waals surface area contributed by atoms with E-state index in [1.165, 1.54) is 44.9 Å². The Morgan fingerprint density at radius 1 is 0.968 bits per heavy atom. The summed E-state index contributed by atoms with van der Waals surface area (Å²) in [6.07, 6.45) is 13.7. The second-order valence-electron chi connectivity index (χ2n) is 12.7. The van der Waals surface area contributed by atoms with Gasteiger partial charge in [0.25, 0.3) is 0 Å². The zero-order valence-electron chi connectivity index (χ0n) is 20.2. The van der Waals surface area contributed by atoms with Crippen molar-refractivity contribution < 1.29 is 19.7 Å². The minimum absolute atomic E-state index is 0.0217. The first-order valence-electron chi connectivity index (χ1n) is 13.4. The van der Waals surface area contributed by atoms with E-state index in [2.05, 4.69) is 13.8 Å². The van der Waals surface area contributed by atoms with Crippen molar-refractivity contribution in [2.45, 2.75) is 116 Å². The number of aliphatic hydroxyl groups excluding tert-OH is 1. The molecule has 178 valence electrons. The van der Waals surface area contributed by atoms with Gasteiger partial charge in [0.05, 0.1) is 18.3 Å². The molecular formula is C27H46O4. The van der Waals surface area contributed by atoms with Crippen LogP contribution in [0.2, 0.25) is 0 Å².